The van der Waals surface area contributed by atoms with Crippen LogP contribution in [0.5, 0.6) is 0 Å². The first-order valence-corrected chi connectivity index (χ1v) is 5.73. The molecule has 0 aliphatic carbocycles. The molecular weight excluding hydrogens is 226 g/mol. The lowest BCUT2D eigenvalue weighted by Gasteiger charge is -2.19. The van der Waals surface area contributed by atoms with Gasteiger partial charge in [0.1, 0.15) is 5.82 Å². The van der Waals surface area contributed by atoms with Gasteiger partial charge in [0.25, 0.3) is 0 Å². The lowest BCUT2D eigenvalue weighted by Crippen LogP contribution is -2.16. The molecule has 1 aromatic carbocycles. The van der Waals surface area contributed by atoms with Gasteiger partial charge in [0.15, 0.2) is 0 Å². The number of nitrogens with two attached hydrogens (primary N) is 1. The molecular formula is C13H17N5. The van der Waals surface area contributed by atoms with E-state index < -0.39 is 0 Å². The molecule has 2 aromatic rings. The van der Waals surface area contributed by atoms with Crippen molar-refractivity contribution in [2.75, 3.05) is 17.4 Å². The minimum absolute atomic E-state index is 0.420. The number of hydrogen-bond donors (Lipinski definition) is 2. The number of hydrazine groups is 1. The molecule has 18 heavy (non-hydrogen) atoms. The highest BCUT2D eigenvalue weighted by Crippen LogP contribution is 2.23. The van der Waals surface area contributed by atoms with Gasteiger partial charge in [-0.1, -0.05) is 17.7 Å². The van der Waals surface area contributed by atoms with E-state index in [1.54, 1.807) is 0 Å². The lowest BCUT2D eigenvalue weighted by atomic mass is 10.2. The SMILES string of the molecule is Cc1ccc(N(C)c2cc(C)nc(NN)n2)cc1. The Kier molecular flexibility index (Phi) is 3.43. The van der Waals surface area contributed by atoms with Crippen LogP contribution in [0.15, 0.2) is 30.3 Å². The standard InChI is InChI=1S/C13H17N5/c1-9-4-6-11(7-5-9)18(3)12-8-10(2)15-13(16-12)17-14/h4-8H,14H2,1-3H3,(H,15,16,17). The third kappa shape index (κ3) is 2.57. The van der Waals surface area contributed by atoms with E-state index in [0.717, 1.165) is 17.2 Å². The fourth-order valence-electron chi connectivity index (χ4n) is 1.69. The fraction of sp³-hybridized carbons (Fsp3) is 0.231. The molecule has 0 spiro atoms. The van der Waals surface area contributed by atoms with Crippen molar-refractivity contribution < 1.29 is 0 Å². The summed E-state index contributed by atoms with van der Waals surface area (Å²) in [5.74, 6) is 6.58. The quantitative estimate of drug-likeness (QED) is 0.638. The van der Waals surface area contributed by atoms with Gasteiger partial charge in [0, 0.05) is 24.5 Å². The number of aromatic nitrogens is 2. The van der Waals surface area contributed by atoms with Crippen molar-refractivity contribution in [3.8, 4) is 0 Å². The van der Waals surface area contributed by atoms with Gasteiger partial charge in [-0.2, -0.15) is 4.98 Å². The molecule has 94 valence electrons. The first-order valence-electron chi connectivity index (χ1n) is 5.73. The van der Waals surface area contributed by atoms with Crippen LogP contribution in [0.1, 0.15) is 11.3 Å². The van der Waals surface area contributed by atoms with Crippen LogP contribution in [0.3, 0.4) is 0 Å². The van der Waals surface area contributed by atoms with Crippen LogP contribution in [-0.2, 0) is 0 Å². The van der Waals surface area contributed by atoms with E-state index in [4.69, 9.17) is 5.84 Å². The van der Waals surface area contributed by atoms with Crippen molar-refractivity contribution >= 4 is 17.5 Å². The number of nitrogens with one attached hydrogen (secondary N) is 1. The topological polar surface area (TPSA) is 67.1 Å². The predicted molar refractivity (Wildman–Crippen MR) is 73.8 cm³/mol. The lowest BCUT2D eigenvalue weighted by molar-refractivity contribution is 1.03. The summed E-state index contributed by atoms with van der Waals surface area (Å²) < 4.78 is 0. The van der Waals surface area contributed by atoms with E-state index >= 15 is 0 Å². The summed E-state index contributed by atoms with van der Waals surface area (Å²) in [6.45, 7) is 3.98. The molecule has 0 saturated carbocycles. The number of nitrogen functional groups attached to an aromatic ring is 1. The molecule has 0 atom stereocenters. The second-order valence-corrected chi connectivity index (χ2v) is 4.23. The van der Waals surface area contributed by atoms with Crippen LogP contribution in [0.25, 0.3) is 0 Å². The summed E-state index contributed by atoms with van der Waals surface area (Å²) in [5, 5.41) is 0. The van der Waals surface area contributed by atoms with Gasteiger partial charge < -0.3 is 4.90 Å². The summed E-state index contributed by atoms with van der Waals surface area (Å²) >= 11 is 0. The summed E-state index contributed by atoms with van der Waals surface area (Å²) in [5.41, 5.74) is 5.65. The first kappa shape index (κ1) is 12.3. The Bertz CT molecular complexity index is 536. The summed E-state index contributed by atoms with van der Waals surface area (Å²) in [6.07, 6.45) is 0. The van der Waals surface area contributed by atoms with Crippen LogP contribution >= 0.6 is 0 Å². The highest BCUT2D eigenvalue weighted by Gasteiger charge is 2.07. The number of rotatable bonds is 3. The second kappa shape index (κ2) is 5.01. The number of hydrogen-bond acceptors (Lipinski definition) is 5. The van der Waals surface area contributed by atoms with Crippen molar-refractivity contribution in [1.29, 1.82) is 0 Å². The summed E-state index contributed by atoms with van der Waals surface area (Å²) in [6, 6.07) is 10.2. The maximum absolute atomic E-state index is 5.35. The molecule has 2 rings (SSSR count). The van der Waals surface area contributed by atoms with Crippen LogP contribution in [0.2, 0.25) is 0 Å². The third-order valence-corrected chi connectivity index (χ3v) is 2.73. The maximum atomic E-state index is 5.35. The average Bonchev–Trinajstić information content (AvgIpc) is 2.38. The molecule has 0 unspecified atom stereocenters. The van der Waals surface area contributed by atoms with Gasteiger partial charge in [-0.15, -0.1) is 0 Å². The monoisotopic (exact) mass is 243 g/mol. The number of anilines is 3. The highest BCUT2D eigenvalue weighted by atomic mass is 15.3. The van der Waals surface area contributed by atoms with E-state index in [0.29, 0.717) is 5.95 Å². The molecule has 0 aliphatic heterocycles. The Morgan fingerprint density at radius 2 is 1.78 bits per heavy atom. The Labute approximate surface area is 107 Å². The predicted octanol–water partition coefficient (Wildman–Crippen LogP) is 2.15. The van der Waals surface area contributed by atoms with E-state index in [-0.39, 0.29) is 0 Å². The van der Waals surface area contributed by atoms with Gasteiger partial charge in [-0.25, -0.2) is 10.8 Å². The molecule has 0 bridgehead atoms. The van der Waals surface area contributed by atoms with Crippen LogP contribution in [0.4, 0.5) is 17.5 Å². The minimum Gasteiger partial charge on any atom is -0.329 e. The van der Waals surface area contributed by atoms with Gasteiger partial charge in [0.2, 0.25) is 5.95 Å². The smallest absolute Gasteiger partial charge is 0.239 e. The zero-order valence-electron chi connectivity index (χ0n) is 10.8. The molecule has 0 fully saturated rings. The molecule has 1 heterocycles. The second-order valence-electron chi connectivity index (χ2n) is 4.23. The van der Waals surface area contributed by atoms with Gasteiger partial charge in [-0.05, 0) is 26.0 Å². The van der Waals surface area contributed by atoms with Crippen LogP contribution in [0, 0.1) is 13.8 Å². The molecule has 0 radical (unpaired) electrons. The van der Waals surface area contributed by atoms with E-state index in [1.807, 2.05) is 24.9 Å². The number of aryl methyl sites for hydroxylation is 2. The molecule has 3 N–H and O–H groups in total. The first-order chi connectivity index (χ1) is 8.60. The van der Waals surface area contributed by atoms with Crippen LogP contribution < -0.4 is 16.2 Å². The molecule has 0 saturated heterocycles. The average molecular weight is 243 g/mol. The minimum atomic E-state index is 0.420. The summed E-state index contributed by atoms with van der Waals surface area (Å²) in [7, 11) is 1.97. The van der Waals surface area contributed by atoms with Crippen molar-refractivity contribution in [3.05, 3.63) is 41.6 Å². The molecule has 0 amide bonds. The van der Waals surface area contributed by atoms with Gasteiger partial charge >= 0.3 is 0 Å². The molecule has 5 nitrogen and oxygen atoms in total. The van der Waals surface area contributed by atoms with Crippen LogP contribution in [-0.4, -0.2) is 17.0 Å². The van der Waals surface area contributed by atoms with Crippen molar-refractivity contribution in [2.45, 2.75) is 13.8 Å². The third-order valence-electron chi connectivity index (χ3n) is 2.73. The van der Waals surface area contributed by atoms with E-state index in [9.17, 15) is 0 Å². The number of nitrogens with zero attached hydrogens (tertiary/aromatic N) is 3. The van der Waals surface area contributed by atoms with Gasteiger partial charge in [0.05, 0.1) is 0 Å². The summed E-state index contributed by atoms with van der Waals surface area (Å²) in [4.78, 5) is 10.5. The van der Waals surface area contributed by atoms with E-state index in [1.165, 1.54) is 5.56 Å². The Morgan fingerprint density at radius 3 is 2.39 bits per heavy atom. The molecule has 5 heteroatoms. The van der Waals surface area contributed by atoms with Crippen molar-refractivity contribution in [3.63, 3.8) is 0 Å². The Balaban J connectivity index is 2.35. The van der Waals surface area contributed by atoms with Crippen molar-refractivity contribution in [1.82, 2.24) is 9.97 Å². The van der Waals surface area contributed by atoms with E-state index in [2.05, 4.69) is 46.6 Å². The van der Waals surface area contributed by atoms with Crippen molar-refractivity contribution in [2.24, 2.45) is 5.84 Å². The molecule has 1 aromatic heterocycles. The zero-order chi connectivity index (χ0) is 13.1. The normalized spacial score (nSPS) is 10.2. The Hall–Kier alpha value is -2.14. The molecule has 0 aliphatic rings. The van der Waals surface area contributed by atoms with Gasteiger partial charge in [-0.3, -0.25) is 5.43 Å². The largest absolute Gasteiger partial charge is 0.329 e. The zero-order valence-corrected chi connectivity index (χ0v) is 10.8. The fourth-order valence-corrected chi connectivity index (χ4v) is 1.69. The maximum Gasteiger partial charge on any atom is 0.239 e. The Morgan fingerprint density at radius 1 is 1.11 bits per heavy atom. The highest BCUT2D eigenvalue weighted by molar-refractivity contribution is 5.60. The number of benzene rings is 1.